The number of nitrogens with zero attached hydrogens (tertiary/aromatic N) is 2. The normalized spacial score (nSPS) is 16.2. The average Bonchev–Trinajstić information content (AvgIpc) is 2.93. The van der Waals surface area contributed by atoms with Gasteiger partial charge in [0.15, 0.2) is 0 Å². The molecule has 1 saturated carbocycles. The first-order valence-corrected chi connectivity index (χ1v) is 11.0. The Balaban J connectivity index is 1.70. The first-order chi connectivity index (χ1) is 15.1. The lowest BCUT2D eigenvalue weighted by Gasteiger charge is -2.35. The molecule has 0 radical (unpaired) electrons. The number of hydrogen-bond donors (Lipinski definition) is 2. The van der Waals surface area contributed by atoms with Crippen LogP contribution in [0, 0.1) is 5.82 Å². The van der Waals surface area contributed by atoms with Crippen molar-refractivity contribution < 1.29 is 18.7 Å². The minimum Gasteiger partial charge on any atom is -0.444 e. The van der Waals surface area contributed by atoms with E-state index in [1.807, 2.05) is 0 Å². The van der Waals surface area contributed by atoms with Crippen LogP contribution >= 0.6 is 0 Å². The molecule has 1 heterocycles. The Morgan fingerprint density at radius 2 is 1.88 bits per heavy atom. The summed E-state index contributed by atoms with van der Waals surface area (Å²) < 4.78 is 20.1. The molecule has 0 atom stereocenters. The van der Waals surface area contributed by atoms with Crippen LogP contribution in [-0.4, -0.2) is 39.2 Å². The molecule has 1 fully saturated rings. The highest BCUT2D eigenvalue weighted by molar-refractivity contribution is 5.79. The molecular formula is C23H31FN4O4. The largest absolute Gasteiger partial charge is 0.444 e. The predicted molar refractivity (Wildman–Crippen MR) is 119 cm³/mol. The lowest BCUT2D eigenvalue weighted by Crippen LogP contribution is -2.56. The molecule has 0 aliphatic heterocycles. The number of fused-ring (bicyclic) bond motifs is 1. The topological polar surface area (TPSA) is 102 Å². The third-order valence-corrected chi connectivity index (χ3v) is 5.55. The van der Waals surface area contributed by atoms with Crippen LogP contribution in [0.3, 0.4) is 0 Å². The summed E-state index contributed by atoms with van der Waals surface area (Å²) in [4.78, 5) is 41.8. The standard InChI is InChI=1S/C23H31FN4O4/c1-22(2,3)32-21(31)27-23(10-6-4-5-7-11-23)14-25-19(29)13-28-15-26-18-9-8-16(24)12-17(18)20(28)30/h8-9,12,15H,4-7,10-11,13-14H2,1-3H3,(H,25,29)(H,27,31). The quantitative estimate of drug-likeness (QED) is 0.687. The molecule has 1 aliphatic rings. The van der Waals surface area contributed by atoms with E-state index in [2.05, 4.69) is 15.6 Å². The molecule has 0 spiro atoms. The highest BCUT2D eigenvalue weighted by Crippen LogP contribution is 2.27. The van der Waals surface area contributed by atoms with Gasteiger partial charge in [0, 0.05) is 6.54 Å². The lowest BCUT2D eigenvalue weighted by atomic mass is 9.90. The molecule has 2 aromatic rings. The van der Waals surface area contributed by atoms with E-state index in [4.69, 9.17) is 4.74 Å². The van der Waals surface area contributed by atoms with Crippen LogP contribution in [0.1, 0.15) is 59.3 Å². The van der Waals surface area contributed by atoms with Crippen molar-refractivity contribution in [2.24, 2.45) is 0 Å². The second-order valence-electron chi connectivity index (χ2n) is 9.44. The highest BCUT2D eigenvalue weighted by atomic mass is 19.1. The van der Waals surface area contributed by atoms with E-state index in [0.29, 0.717) is 5.52 Å². The Hall–Kier alpha value is -2.97. The van der Waals surface area contributed by atoms with E-state index in [-0.39, 0.29) is 24.4 Å². The van der Waals surface area contributed by atoms with Crippen LogP contribution in [0.25, 0.3) is 10.9 Å². The number of halogens is 1. The summed E-state index contributed by atoms with van der Waals surface area (Å²) >= 11 is 0. The number of benzene rings is 1. The Labute approximate surface area is 186 Å². The first kappa shape index (κ1) is 23.7. The summed E-state index contributed by atoms with van der Waals surface area (Å²) in [6.45, 7) is 5.39. The average molecular weight is 447 g/mol. The van der Waals surface area contributed by atoms with E-state index in [9.17, 15) is 18.8 Å². The summed E-state index contributed by atoms with van der Waals surface area (Å²) in [6, 6.07) is 3.77. The van der Waals surface area contributed by atoms with Gasteiger partial charge in [-0.25, -0.2) is 14.2 Å². The fourth-order valence-electron chi connectivity index (χ4n) is 3.99. The van der Waals surface area contributed by atoms with Gasteiger partial charge in [-0.1, -0.05) is 25.7 Å². The number of alkyl carbamates (subject to hydrolysis) is 1. The van der Waals surface area contributed by atoms with Crippen LogP contribution < -0.4 is 16.2 Å². The Morgan fingerprint density at radius 3 is 2.53 bits per heavy atom. The summed E-state index contributed by atoms with van der Waals surface area (Å²) in [7, 11) is 0. The van der Waals surface area contributed by atoms with Crippen molar-refractivity contribution in [3.8, 4) is 0 Å². The van der Waals surface area contributed by atoms with Crippen molar-refractivity contribution in [1.29, 1.82) is 0 Å². The molecule has 174 valence electrons. The van der Waals surface area contributed by atoms with Gasteiger partial charge in [0.1, 0.15) is 18.0 Å². The fourth-order valence-corrected chi connectivity index (χ4v) is 3.99. The Morgan fingerprint density at radius 1 is 1.19 bits per heavy atom. The molecule has 1 aromatic carbocycles. The number of ether oxygens (including phenoxy) is 1. The zero-order chi connectivity index (χ0) is 23.4. The molecule has 0 unspecified atom stereocenters. The van der Waals surface area contributed by atoms with E-state index >= 15 is 0 Å². The van der Waals surface area contributed by atoms with Crippen molar-refractivity contribution in [3.05, 3.63) is 40.7 Å². The van der Waals surface area contributed by atoms with E-state index in [0.717, 1.165) is 49.2 Å². The molecule has 8 nitrogen and oxygen atoms in total. The van der Waals surface area contributed by atoms with E-state index in [1.165, 1.54) is 18.5 Å². The molecule has 32 heavy (non-hydrogen) atoms. The molecule has 1 aromatic heterocycles. The summed E-state index contributed by atoms with van der Waals surface area (Å²) in [5, 5.41) is 5.96. The number of hydrogen-bond acceptors (Lipinski definition) is 5. The van der Waals surface area contributed by atoms with Crippen molar-refractivity contribution in [2.45, 2.75) is 77.0 Å². The van der Waals surface area contributed by atoms with E-state index < -0.39 is 28.6 Å². The molecule has 9 heteroatoms. The molecular weight excluding hydrogens is 415 g/mol. The number of carbonyl (C=O) groups excluding carboxylic acids is 2. The van der Waals surface area contributed by atoms with Gasteiger partial charge < -0.3 is 15.4 Å². The smallest absolute Gasteiger partial charge is 0.408 e. The van der Waals surface area contributed by atoms with Gasteiger partial charge >= 0.3 is 6.09 Å². The number of nitrogens with one attached hydrogen (secondary N) is 2. The van der Waals surface area contributed by atoms with Gasteiger partial charge in [0.05, 0.1) is 22.8 Å². The first-order valence-electron chi connectivity index (χ1n) is 11.0. The SMILES string of the molecule is CC(C)(C)OC(=O)NC1(CNC(=O)Cn2cnc3ccc(F)cc3c2=O)CCCCCC1. The Bertz CT molecular complexity index is 1040. The molecule has 0 bridgehead atoms. The third kappa shape index (κ3) is 6.27. The Kier molecular flexibility index (Phi) is 7.16. The minimum absolute atomic E-state index is 0.118. The van der Waals surface area contributed by atoms with Crippen LogP contribution in [-0.2, 0) is 16.1 Å². The van der Waals surface area contributed by atoms with Crippen molar-refractivity contribution in [1.82, 2.24) is 20.2 Å². The van der Waals surface area contributed by atoms with Crippen molar-refractivity contribution >= 4 is 22.9 Å². The summed E-state index contributed by atoms with van der Waals surface area (Å²) in [5.41, 5.74) is -1.35. The second-order valence-corrected chi connectivity index (χ2v) is 9.44. The minimum atomic E-state index is -0.622. The monoisotopic (exact) mass is 446 g/mol. The van der Waals surface area contributed by atoms with Gasteiger partial charge in [-0.2, -0.15) is 0 Å². The molecule has 0 saturated heterocycles. The molecule has 3 rings (SSSR count). The van der Waals surface area contributed by atoms with Gasteiger partial charge in [0.2, 0.25) is 5.91 Å². The number of amides is 2. The summed E-state index contributed by atoms with van der Waals surface area (Å²) in [5.74, 6) is -0.929. The zero-order valence-electron chi connectivity index (χ0n) is 18.9. The maximum absolute atomic E-state index is 13.5. The fraction of sp³-hybridized carbons (Fsp3) is 0.565. The van der Waals surface area contributed by atoms with Crippen molar-refractivity contribution in [3.63, 3.8) is 0 Å². The van der Waals surface area contributed by atoms with Crippen LogP contribution in [0.4, 0.5) is 9.18 Å². The van der Waals surface area contributed by atoms with Gasteiger partial charge in [0.25, 0.3) is 5.56 Å². The summed E-state index contributed by atoms with van der Waals surface area (Å²) in [6.07, 6.45) is 6.23. The maximum atomic E-state index is 13.5. The van der Waals surface area contributed by atoms with Crippen LogP contribution in [0.2, 0.25) is 0 Å². The lowest BCUT2D eigenvalue weighted by molar-refractivity contribution is -0.122. The molecule has 2 N–H and O–H groups in total. The number of carbonyl (C=O) groups is 2. The van der Waals surface area contributed by atoms with Crippen molar-refractivity contribution in [2.75, 3.05) is 6.54 Å². The third-order valence-electron chi connectivity index (χ3n) is 5.55. The second kappa shape index (κ2) is 9.67. The molecule has 2 amide bonds. The van der Waals surface area contributed by atoms with Crippen LogP contribution in [0.5, 0.6) is 0 Å². The van der Waals surface area contributed by atoms with Crippen LogP contribution in [0.15, 0.2) is 29.3 Å². The zero-order valence-corrected chi connectivity index (χ0v) is 18.9. The molecule has 1 aliphatic carbocycles. The maximum Gasteiger partial charge on any atom is 0.408 e. The van der Waals surface area contributed by atoms with Gasteiger partial charge in [-0.05, 0) is 51.8 Å². The van der Waals surface area contributed by atoms with Gasteiger partial charge in [-0.3, -0.25) is 14.2 Å². The number of aromatic nitrogens is 2. The predicted octanol–water partition coefficient (Wildman–Crippen LogP) is 3.27. The van der Waals surface area contributed by atoms with E-state index in [1.54, 1.807) is 20.8 Å². The number of rotatable bonds is 5. The highest BCUT2D eigenvalue weighted by Gasteiger charge is 2.34. The van der Waals surface area contributed by atoms with Gasteiger partial charge in [-0.15, -0.1) is 0 Å².